The summed E-state index contributed by atoms with van der Waals surface area (Å²) in [5.74, 6) is 1.72. The van der Waals surface area contributed by atoms with Crippen LogP contribution >= 0.6 is 23.2 Å². The summed E-state index contributed by atoms with van der Waals surface area (Å²) in [5, 5.41) is 11.2. The topological polar surface area (TPSA) is 60.3 Å². The summed E-state index contributed by atoms with van der Waals surface area (Å²) in [6.07, 6.45) is 7.54. The Morgan fingerprint density at radius 1 is 1.11 bits per heavy atom. The number of hydrogen-bond acceptors (Lipinski definition) is 5. The smallest absolute Gasteiger partial charge is 0.125 e. The van der Waals surface area contributed by atoms with Crippen molar-refractivity contribution in [3.05, 3.63) is 33.8 Å². The molecule has 152 valence electrons. The molecular weight excluding hydrogens is 389 g/mol. The van der Waals surface area contributed by atoms with Crippen LogP contribution in [0.1, 0.15) is 43.7 Å². The van der Waals surface area contributed by atoms with Crippen LogP contribution in [0.4, 0.5) is 0 Å². The number of nitrogens with zero attached hydrogens (tertiary/aromatic N) is 1. The van der Waals surface area contributed by atoms with E-state index in [4.69, 9.17) is 42.6 Å². The van der Waals surface area contributed by atoms with Gasteiger partial charge in [-0.3, -0.25) is 0 Å². The molecule has 0 aliphatic carbocycles. The molecule has 0 saturated heterocycles. The van der Waals surface area contributed by atoms with Crippen LogP contribution in [-0.2, 0) is 11.2 Å². The second-order valence-electron chi connectivity index (χ2n) is 5.99. The van der Waals surface area contributed by atoms with E-state index >= 15 is 0 Å². The molecular formula is C20H29Cl2NO4. The van der Waals surface area contributed by atoms with E-state index in [1.54, 1.807) is 6.08 Å². The highest BCUT2D eigenvalue weighted by Crippen LogP contribution is 2.30. The lowest BCUT2D eigenvalue weighted by Gasteiger charge is -2.15. The number of unbranched alkanes of at least 4 members (excludes halogenated alkanes) is 2. The van der Waals surface area contributed by atoms with E-state index in [1.165, 1.54) is 6.21 Å². The molecule has 5 nitrogen and oxygen atoms in total. The number of oxime groups is 1. The van der Waals surface area contributed by atoms with Crippen molar-refractivity contribution < 1.29 is 19.4 Å². The zero-order valence-corrected chi connectivity index (χ0v) is 17.6. The van der Waals surface area contributed by atoms with Crippen molar-refractivity contribution in [1.29, 1.82) is 0 Å². The summed E-state index contributed by atoms with van der Waals surface area (Å²) >= 11 is 11.2. The summed E-state index contributed by atoms with van der Waals surface area (Å²) in [5.41, 5.74) is 2.18. The molecule has 0 fully saturated rings. The number of benzene rings is 1. The minimum atomic E-state index is 0.201. The number of rotatable bonds is 14. The molecule has 1 rings (SSSR count). The first-order valence-corrected chi connectivity index (χ1v) is 9.98. The molecule has 0 bridgehead atoms. The average Bonchev–Trinajstić information content (AvgIpc) is 2.64. The molecule has 1 aromatic carbocycles. The van der Waals surface area contributed by atoms with Gasteiger partial charge in [0.1, 0.15) is 22.6 Å². The molecule has 27 heavy (non-hydrogen) atoms. The van der Waals surface area contributed by atoms with Crippen LogP contribution in [-0.4, -0.2) is 37.8 Å². The third-order valence-electron chi connectivity index (χ3n) is 3.85. The van der Waals surface area contributed by atoms with Crippen LogP contribution in [0.5, 0.6) is 11.5 Å². The Balaban J connectivity index is 2.36. The van der Waals surface area contributed by atoms with Crippen molar-refractivity contribution in [2.24, 2.45) is 5.16 Å². The van der Waals surface area contributed by atoms with Crippen LogP contribution in [0.25, 0.3) is 0 Å². The van der Waals surface area contributed by atoms with Crippen molar-refractivity contribution in [3.63, 3.8) is 0 Å². The Labute approximate surface area is 171 Å². The first-order chi connectivity index (χ1) is 13.1. The maximum absolute atomic E-state index is 8.27. The second-order valence-corrected chi connectivity index (χ2v) is 7.00. The van der Waals surface area contributed by atoms with E-state index in [-0.39, 0.29) is 4.49 Å². The highest BCUT2D eigenvalue weighted by Gasteiger charge is 2.09. The second kappa shape index (κ2) is 14.6. The van der Waals surface area contributed by atoms with Gasteiger partial charge in [0.2, 0.25) is 0 Å². The number of aryl methyl sites for hydroxylation is 2. The maximum atomic E-state index is 8.27. The highest BCUT2D eigenvalue weighted by molar-refractivity contribution is 6.55. The van der Waals surface area contributed by atoms with Gasteiger partial charge in [-0.2, -0.15) is 0 Å². The zero-order valence-electron chi connectivity index (χ0n) is 16.0. The fourth-order valence-electron chi connectivity index (χ4n) is 2.52. The van der Waals surface area contributed by atoms with E-state index in [0.29, 0.717) is 32.8 Å². The molecule has 0 heterocycles. The van der Waals surface area contributed by atoms with Crippen molar-refractivity contribution in [2.45, 2.75) is 46.0 Å². The fraction of sp³-hybridized carbons (Fsp3) is 0.550. The third kappa shape index (κ3) is 10.5. The molecule has 0 amide bonds. The van der Waals surface area contributed by atoms with Gasteiger partial charge in [0.25, 0.3) is 0 Å². The Morgan fingerprint density at radius 2 is 1.89 bits per heavy atom. The molecule has 0 aliphatic rings. The van der Waals surface area contributed by atoms with Gasteiger partial charge in [-0.25, -0.2) is 0 Å². The quantitative estimate of drug-likeness (QED) is 0.183. The molecule has 0 aliphatic heterocycles. The number of halogens is 2. The Bertz CT molecular complexity index is 602. The minimum Gasteiger partial charge on any atom is -0.493 e. The average molecular weight is 418 g/mol. The molecule has 0 atom stereocenters. The third-order valence-corrected chi connectivity index (χ3v) is 4.15. The van der Waals surface area contributed by atoms with Crippen molar-refractivity contribution in [2.75, 3.05) is 26.4 Å². The van der Waals surface area contributed by atoms with E-state index in [9.17, 15) is 0 Å². The molecule has 0 saturated carbocycles. The van der Waals surface area contributed by atoms with Gasteiger partial charge in [-0.15, -0.1) is 5.16 Å². The number of ether oxygens (including phenoxy) is 3. The highest BCUT2D eigenvalue weighted by atomic mass is 35.5. The Morgan fingerprint density at radius 3 is 2.59 bits per heavy atom. The SMILES string of the molecule is CCc1cc(OCC=C(Cl)Cl)cc(C)c1OCCCCCOCC/C=N/O. The summed E-state index contributed by atoms with van der Waals surface area (Å²) in [7, 11) is 0. The summed E-state index contributed by atoms with van der Waals surface area (Å²) in [4.78, 5) is 0. The first-order valence-electron chi connectivity index (χ1n) is 9.22. The van der Waals surface area contributed by atoms with Gasteiger partial charge in [-0.1, -0.05) is 30.1 Å². The van der Waals surface area contributed by atoms with Crippen molar-refractivity contribution in [3.8, 4) is 11.5 Å². The van der Waals surface area contributed by atoms with Crippen LogP contribution < -0.4 is 9.47 Å². The molecule has 1 aromatic rings. The van der Waals surface area contributed by atoms with E-state index in [1.807, 2.05) is 19.1 Å². The summed E-state index contributed by atoms with van der Waals surface area (Å²) < 4.78 is 17.3. The summed E-state index contributed by atoms with van der Waals surface area (Å²) in [6.45, 7) is 6.43. The lowest BCUT2D eigenvalue weighted by Crippen LogP contribution is -2.04. The van der Waals surface area contributed by atoms with Gasteiger partial charge in [0.05, 0.1) is 13.2 Å². The van der Waals surface area contributed by atoms with Gasteiger partial charge in [0.15, 0.2) is 0 Å². The normalized spacial score (nSPS) is 11.0. The lowest BCUT2D eigenvalue weighted by molar-refractivity contribution is 0.135. The van der Waals surface area contributed by atoms with E-state index < -0.39 is 0 Å². The largest absolute Gasteiger partial charge is 0.493 e. The molecule has 7 heteroatoms. The fourth-order valence-corrected chi connectivity index (χ4v) is 2.64. The van der Waals surface area contributed by atoms with Crippen molar-refractivity contribution >= 4 is 29.4 Å². The molecule has 0 unspecified atom stereocenters. The van der Waals surface area contributed by atoms with Crippen LogP contribution in [0.15, 0.2) is 27.9 Å². The van der Waals surface area contributed by atoms with E-state index in [0.717, 1.165) is 48.3 Å². The molecule has 1 N–H and O–H groups in total. The van der Waals surface area contributed by atoms with Gasteiger partial charge in [-0.05, 0) is 61.9 Å². The maximum Gasteiger partial charge on any atom is 0.125 e. The van der Waals surface area contributed by atoms with Crippen LogP contribution in [0, 0.1) is 6.92 Å². The Kier molecular flexibility index (Phi) is 12.8. The first kappa shape index (κ1) is 23.6. The molecule has 0 spiro atoms. The van der Waals surface area contributed by atoms with E-state index in [2.05, 4.69) is 12.1 Å². The minimum absolute atomic E-state index is 0.201. The molecule has 0 aromatic heterocycles. The van der Waals surface area contributed by atoms with Gasteiger partial charge >= 0.3 is 0 Å². The standard InChI is InChI=1S/C20H29Cl2NO4/c1-3-17-15-18(26-13-8-19(21)22)14-16(2)20(17)27-12-6-4-5-10-25-11-7-9-23-24/h8-9,14-15,24H,3-7,10-13H2,1-2H3/b23-9+. The molecule has 0 radical (unpaired) electrons. The predicted octanol–water partition coefficient (Wildman–Crippen LogP) is 5.67. The van der Waals surface area contributed by atoms with Crippen LogP contribution in [0.2, 0.25) is 0 Å². The zero-order chi connectivity index (χ0) is 19.9. The summed E-state index contributed by atoms with van der Waals surface area (Å²) in [6, 6.07) is 3.97. The Hall–Kier alpha value is -1.43. The number of hydrogen-bond donors (Lipinski definition) is 1. The van der Waals surface area contributed by atoms with Crippen LogP contribution in [0.3, 0.4) is 0 Å². The van der Waals surface area contributed by atoms with Gasteiger partial charge in [0, 0.05) is 19.2 Å². The predicted molar refractivity (Wildman–Crippen MR) is 111 cm³/mol. The monoisotopic (exact) mass is 417 g/mol. The lowest BCUT2D eigenvalue weighted by atomic mass is 10.1. The van der Waals surface area contributed by atoms with Crippen molar-refractivity contribution in [1.82, 2.24) is 0 Å². The van der Waals surface area contributed by atoms with Gasteiger partial charge < -0.3 is 19.4 Å².